The minimum Gasteiger partial charge on any atom is -0.493 e. The third-order valence-electron chi connectivity index (χ3n) is 6.97. The number of fused-ring (bicyclic) bond motifs is 1. The maximum absolute atomic E-state index is 14.3. The van der Waals surface area contributed by atoms with Gasteiger partial charge in [0.25, 0.3) is 5.56 Å². The first-order valence-corrected chi connectivity index (χ1v) is 16.2. The molecule has 1 aliphatic heterocycles. The van der Waals surface area contributed by atoms with E-state index in [0.29, 0.717) is 64.9 Å². The number of methoxy groups -OCH3 is 2. The van der Waals surface area contributed by atoms with E-state index in [0.717, 1.165) is 0 Å². The molecule has 2 heterocycles. The molecule has 0 N–H and O–H groups in total. The Labute approximate surface area is 282 Å². The monoisotopic (exact) mass is 754 g/mol. The van der Waals surface area contributed by atoms with Gasteiger partial charge in [-0.3, -0.25) is 14.2 Å². The van der Waals surface area contributed by atoms with E-state index in [-0.39, 0.29) is 17.7 Å². The Kier molecular flexibility index (Phi) is 10.3. The topological polar surface area (TPSA) is 115 Å². The Morgan fingerprint density at radius 1 is 0.978 bits per heavy atom. The van der Waals surface area contributed by atoms with Crippen LogP contribution in [0, 0.1) is 3.57 Å². The van der Waals surface area contributed by atoms with Crippen molar-refractivity contribution in [1.29, 1.82) is 0 Å². The summed E-state index contributed by atoms with van der Waals surface area (Å²) in [6, 6.07) is 17.2. The SMILES string of the molecule is CCOC(=O)C1=C(c2ccccc2)N=c2s/c(=C\c3cc(I)c(OC(C)=O)c(OCC)c3)c(=O)n2[C@@H]1c1ccc(OC)c(OC)c1. The second kappa shape index (κ2) is 14.3. The maximum atomic E-state index is 14.3. The summed E-state index contributed by atoms with van der Waals surface area (Å²) < 4.78 is 30.3. The van der Waals surface area contributed by atoms with Gasteiger partial charge in [0.2, 0.25) is 0 Å². The van der Waals surface area contributed by atoms with Crippen LogP contribution in [-0.2, 0) is 14.3 Å². The molecule has 3 aromatic carbocycles. The van der Waals surface area contributed by atoms with E-state index in [9.17, 15) is 14.4 Å². The van der Waals surface area contributed by atoms with Crippen LogP contribution in [0.1, 0.15) is 43.5 Å². The Morgan fingerprint density at radius 2 is 1.72 bits per heavy atom. The summed E-state index contributed by atoms with van der Waals surface area (Å²) in [6.07, 6.45) is 1.73. The summed E-state index contributed by atoms with van der Waals surface area (Å²) in [5.41, 5.74) is 2.24. The Bertz CT molecular complexity index is 2020. The molecule has 0 amide bonds. The number of esters is 2. The van der Waals surface area contributed by atoms with E-state index in [1.807, 2.05) is 37.3 Å². The molecule has 10 nitrogen and oxygen atoms in total. The van der Waals surface area contributed by atoms with E-state index in [2.05, 4.69) is 22.6 Å². The number of halogens is 1. The van der Waals surface area contributed by atoms with Gasteiger partial charge in [0.05, 0.1) is 52.8 Å². The highest BCUT2D eigenvalue weighted by atomic mass is 127. The van der Waals surface area contributed by atoms with E-state index in [1.54, 1.807) is 43.3 Å². The summed E-state index contributed by atoms with van der Waals surface area (Å²) in [5.74, 6) is 0.573. The number of hydrogen-bond acceptors (Lipinski definition) is 10. The minimum atomic E-state index is -0.891. The zero-order valence-electron chi connectivity index (χ0n) is 25.8. The molecule has 0 saturated heterocycles. The van der Waals surface area contributed by atoms with E-state index >= 15 is 0 Å². The summed E-state index contributed by atoms with van der Waals surface area (Å²) in [6.45, 7) is 5.36. The summed E-state index contributed by atoms with van der Waals surface area (Å²) >= 11 is 3.26. The predicted molar refractivity (Wildman–Crippen MR) is 182 cm³/mol. The second-order valence-electron chi connectivity index (χ2n) is 9.90. The molecule has 0 unspecified atom stereocenters. The van der Waals surface area contributed by atoms with Crippen LogP contribution in [0.2, 0.25) is 0 Å². The number of hydrogen-bond donors (Lipinski definition) is 0. The van der Waals surface area contributed by atoms with Crippen molar-refractivity contribution < 1.29 is 33.3 Å². The average Bonchev–Trinajstić information content (AvgIpc) is 3.36. The van der Waals surface area contributed by atoms with E-state index in [4.69, 9.17) is 28.7 Å². The third kappa shape index (κ3) is 6.58. The molecule has 0 bridgehead atoms. The van der Waals surface area contributed by atoms with E-state index in [1.165, 1.54) is 37.0 Å². The molecule has 1 aromatic heterocycles. The fourth-order valence-corrected chi connectivity index (χ4v) is 6.84. The quantitative estimate of drug-likeness (QED) is 0.128. The van der Waals surface area contributed by atoms with Crippen LogP contribution in [0.15, 0.2) is 76.0 Å². The van der Waals surface area contributed by atoms with Crippen LogP contribution < -0.4 is 33.8 Å². The normalized spacial score (nSPS) is 14.3. The molecule has 1 atom stereocenters. The fraction of sp³-hybridized carbons (Fsp3) is 0.235. The summed E-state index contributed by atoms with van der Waals surface area (Å²) in [4.78, 5) is 45.1. The highest BCUT2D eigenvalue weighted by Gasteiger charge is 2.35. The molecule has 4 aromatic rings. The van der Waals surface area contributed by atoms with Gasteiger partial charge in [-0.15, -0.1) is 0 Å². The first-order chi connectivity index (χ1) is 22.2. The van der Waals surface area contributed by atoms with Crippen LogP contribution >= 0.6 is 33.9 Å². The summed E-state index contributed by atoms with van der Waals surface area (Å²) in [7, 11) is 3.06. The van der Waals surface area contributed by atoms with E-state index < -0.39 is 18.0 Å². The number of nitrogens with zero attached hydrogens (tertiary/aromatic N) is 2. The van der Waals surface area contributed by atoms with Gasteiger partial charge in [-0.05, 0) is 77.9 Å². The van der Waals surface area contributed by atoms with Crippen molar-refractivity contribution >= 4 is 57.6 Å². The second-order valence-corrected chi connectivity index (χ2v) is 12.1. The Morgan fingerprint density at radius 3 is 2.37 bits per heavy atom. The van der Waals surface area contributed by atoms with Gasteiger partial charge < -0.3 is 23.7 Å². The molecule has 5 rings (SSSR count). The van der Waals surface area contributed by atoms with Crippen LogP contribution in [0.25, 0.3) is 11.8 Å². The zero-order chi connectivity index (χ0) is 33.0. The highest BCUT2D eigenvalue weighted by molar-refractivity contribution is 14.1. The lowest BCUT2D eigenvalue weighted by molar-refractivity contribution is -0.139. The molecule has 46 heavy (non-hydrogen) atoms. The van der Waals surface area contributed by atoms with Gasteiger partial charge in [-0.25, -0.2) is 9.79 Å². The van der Waals surface area contributed by atoms with Crippen LogP contribution in [0.4, 0.5) is 0 Å². The molecular weight excluding hydrogens is 723 g/mol. The van der Waals surface area contributed by atoms with Crippen molar-refractivity contribution in [3.8, 4) is 23.0 Å². The number of thiazole rings is 1. The van der Waals surface area contributed by atoms with Crippen molar-refractivity contribution in [1.82, 2.24) is 4.57 Å². The van der Waals surface area contributed by atoms with Gasteiger partial charge in [-0.1, -0.05) is 47.7 Å². The number of ether oxygens (including phenoxy) is 5. The van der Waals surface area contributed by atoms with Gasteiger partial charge in [-0.2, -0.15) is 0 Å². The number of carbonyl (C=O) groups is 2. The Hall–Kier alpha value is -4.43. The number of rotatable bonds is 10. The van der Waals surface area contributed by atoms with Gasteiger partial charge in [0, 0.05) is 12.5 Å². The Balaban J connectivity index is 1.80. The highest BCUT2D eigenvalue weighted by Crippen LogP contribution is 2.39. The van der Waals surface area contributed by atoms with Crippen LogP contribution in [0.5, 0.6) is 23.0 Å². The molecular formula is C34H31IN2O8S. The fourth-order valence-electron chi connectivity index (χ4n) is 5.11. The third-order valence-corrected chi connectivity index (χ3v) is 8.76. The van der Waals surface area contributed by atoms with Gasteiger partial charge >= 0.3 is 11.9 Å². The molecule has 238 valence electrons. The molecule has 0 spiro atoms. The number of aromatic nitrogens is 1. The molecule has 1 aliphatic rings. The minimum absolute atomic E-state index is 0.137. The average molecular weight is 755 g/mol. The molecule has 0 saturated carbocycles. The lowest BCUT2D eigenvalue weighted by Crippen LogP contribution is -2.40. The number of benzene rings is 3. The first-order valence-electron chi connectivity index (χ1n) is 14.4. The van der Waals surface area contributed by atoms with Crippen molar-refractivity contribution in [2.24, 2.45) is 4.99 Å². The van der Waals surface area contributed by atoms with Crippen LogP contribution in [0.3, 0.4) is 0 Å². The van der Waals surface area contributed by atoms with Crippen LogP contribution in [-0.4, -0.2) is 43.9 Å². The predicted octanol–water partition coefficient (Wildman–Crippen LogP) is 4.88. The zero-order valence-corrected chi connectivity index (χ0v) is 28.8. The smallest absolute Gasteiger partial charge is 0.338 e. The number of carbonyl (C=O) groups excluding carboxylic acids is 2. The standard InChI is InChI=1S/C34H31IN2O8S/c1-6-43-26-16-20(15-23(35)31(26)45-19(3)38)17-27-32(39)37-30(22-13-14-24(41-4)25(18-22)42-5)28(33(40)44-7-2)29(36-34(37)46-27)21-11-9-8-10-12-21/h8-18,30H,6-7H2,1-5H3/b27-17-/t30-/m1/s1. The molecule has 0 fully saturated rings. The van der Waals surface area contributed by atoms with Crippen molar-refractivity contribution in [3.63, 3.8) is 0 Å². The van der Waals surface area contributed by atoms with Gasteiger partial charge in [0.1, 0.15) is 0 Å². The first kappa shape index (κ1) is 32.9. The lowest BCUT2D eigenvalue weighted by atomic mass is 9.93. The molecule has 0 radical (unpaired) electrons. The maximum Gasteiger partial charge on any atom is 0.338 e. The molecule has 12 heteroatoms. The van der Waals surface area contributed by atoms with Crippen molar-refractivity contribution in [3.05, 3.63) is 106 Å². The van der Waals surface area contributed by atoms with Crippen molar-refractivity contribution in [2.75, 3.05) is 27.4 Å². The largest absolute Gasteiger partial charge is 0.493 e. The lowest BCUT2D eigenvalue weighted by Gasteiger charge is -2.26. The molecule has 0 aliphatic carbocycles. The van der Waals surface area contributed by atoms with Crippen molar-refractivity contribution in [2.45, 2.75) is 26.8 Å². The van der Waals surface area contributed by atoms with Gasteiger partial charge in [0.15, 0.2) is 27.8 Å². The summed E-state index contributed by atoms with van der Waals surface area (Å²) in [5, 5.41) is 0.